The number of nitrogens with one attached hydrogen (secondary N) is 1. The molecule has 3 aromatic heterocycles. The molecule has 0 atom stereocenters. The van der Waals surface area contributed by atoms with Crippen LogP contribution in [-0.4, -0.2) is 24.4 Å². The molecule has 0 spiro atoms. The van der Waals surface area contributed by atoms with Gasteiger partial charge in [-0.05, 0) is 44.4 Å². The number of nitrogens with zero attached hydrogens (tertiary/aromatic N) is 4. The first kappa shape index (κ1) is 17.8. The van der Waals surface area contributed by atoms with Crippen LogP contribution in [0.4, 0.5) is 8.78 Å². The number of aromatic nitrogens is 5. The molecule has 1 saturated carbocycles. The third-order valence-electron chi connectivity index (χ3n) is 5.34. The van der Waals surface area contributed by atoms with Gasteiger partial charge in [-0.2, -0.15) is 5.10 Å². The Hall–Kier alpha value is -3.29. The summed E-state index contributed by atoms with van der Waals surface area (Å²) in [4.78, 5) is 17.2. The molecule has 0 saturated heterocycles. The maximum Gasteiger partial charge on any atom is 0.280 e. The first-order valence-electron chi connectivity index (χ1n) is 9.49. The summed E-state index contributed by atoms with van der Waals surface area (Å²) < 4.78 is 29.8. The monoisotopic (exact) mass is 395 g/mol. The minimum Gasteiger partial charge on any atom is -0.290 e. The van der Waals surface area contributed by atoms with Crippen molar-refractivity contribution in [3.8, 4) is 16.9 Å². The lowest BCUT2D eigenvalue weighted by Crippen LogP contribution is -2.14. The fourth-order valence-electron chi connectivity index (χ4n) is 3.71. The number of hydrogen-bond donors (Lipinski definition) is 1. The number of fused-ring (bicyclic) bond motifs is 1. The zero-order valence-electron chi connectivity index (χ0n) is 16.0. The molecular weight excluding hydrogens is 376 g/mol. The van der Waals surface area contributed by atoms with Crippen molar-refractivity contribution in [1.29, 1.82) is 0 Å². The number of alkyl halides is 2. The Kier molecular flexibility index (Phi) is 3.90. The summed E-state index contributed by atoms with van der Waals surface area (Å²) in [7, 11) is 0. The van der Waals surface area contributed by atoms with Crippen molar-refractivity contribution in [1.82, 2.24) is 24.4 Å². The van der Waals surface area contributed by atoms with E-state index in [0.717, 1.165) is 29.7 Å². The number of aryl methyl sites for hydroxylation is 2. The molecule has 1 fully saturated rings. The minimum atomic E-state index is -2.66. The van der Waals surface area contributed by atoms with Crippen LogP contribution >= 0.6 is 0 Å². The Morgan fingerprint density at radius 2 is 1.97 bits per heavy atom. The van der Waals surface area contributed by atoms with Crippen LogP contribution in [0.15, 0.2) is 41.3 Å². The van der Waals surface area contributed by atoms with Crippen LogP contribution in [0.25, 0.3) is 22.6 Å². The molecule has 1 aliphatic carbocycles. The Bertz CT molecular complexity index is 1300. The van der Waals surface area contributed by atoms with E-state index in [1.165, 1.54) is 27.5 Å². The maximum atomic E-state index is 13.6. The maximum absolute atomic E-state index is 13.6. The van der Waals surface area contributed by atoms with Gasteiger partial charge in [0.2, 0.25) is 0 Å². The van der Waals surface area contributed by atoms with Gasteiger partial charge in [0.15, 0.2) is 5.65 Å². The molecule has 8 heteroatoms. The second kappa shape index (κ2) is 6.37. The van der Waals surface area contributed by atoms with Gasteiger partial charge in [-0.1, -0.05) is 17.7 Å². The van der Waals surface area contributed by atoms with Crippen LogP contribution in [0.2, 0.25) is 0 Å². The molecule has 1 N–H and O–H groups in total. The van der Waals surface area contributed by atoms with E-state index in [4.69, 9.17) is 0 Å². The average Bonchev–Trinajstić information content (AvgIpc) is 3.33. The van der Waals surface area contributed by atoms with Crippen molar-refractivity contribution in [3.05, 3.63) is 69.4 Å². The predicted molar refractivity (Wildman–Crippen MR) is 105 cm³/mol. The highest BCUT2D eigenvalue weighted by molar-refractivity contribution is 5.74. The first-order chi connectivity index (χ1) is 13.9. The quantitative estimate of drug-likeness (QED) is 0.560. The van der Waals surface area contributed by atoms with Gasteiger partial charge in [-0.15, -0.1) is 0 Å². The molecule has 29 heavy (non-hydrogen) atoms. The number of benzene rings is 1. The van der Waals surface area contributed by atoms with Gasteiger partial charge in [0.1, 0.15) is 5.69 Å². The van der Waals surface area contributed by atoms with Crippen LogP contribution < -0.4 is 5.56 Å². The van der Waals surface area contributed by atoms with E-state index in [2.05, 4.69) is 15.2 Å². The summed E-state index contributed by atoms with van der Waals surface area (Å²) in [6, 6.07) is 8.69. The van der Waals surface area contributed by atoms with Crippen molar-refractivity contribution in [2.45, 2.75) is 39.0 Å². The van der Waals surface area contributed by atoms with Crippen molar-refractivity contribution in [3.63, 3.8) is 0 Å². The van der Waals surface area contributed by atoms with Crippen molar-refractivity contribution in [2.75, 3.05) is 0 Å². The molecule has 5 rings (SSSR count). The zero-order chi connectivity index (χ0) is 20.3. The van der Waals surface area contributed by atoms with Crippen LogP contribution in [0.1, 0.15) is 47.7 Å². The highest BCUT2D eigenvalue weighted by atomic mass is 19.3. The van der Waals surface area contributed by atoms with Gasteiger partial charge in [-0.3, -0.25) is 9.89 Å². The van der Waals surface area contributed by atoms with Crippen LogP contribution in [0, 0.1) is 13.8 Å². The highest BCUT2D eigenvalue weighted by Gasteiger charge is 2.28. The summed E-state index contributed by atoms with van der Waals surface area (Å²) in [6.07, 6.45) is 0.720. The number of aromatic amines is 1. The smallest absolute Gasteiger partial charge is 0.280 e. The first-order valence-corrected chi connectivity index (χ1v) is 9.49. The Labute approximate surface area is 164 Å². The molecule has 0 unspecified atom stereocenters. The van der Waals surface area contributed by atoms with Gasteiger partial charge in [0.25, 0.3) is 12.0 Å². The fourth-order valence-corrected chi connectivity index (χ4v) is 3.71. The SMILES string of the molecule is Cc1ccc(-n2[nH]c(-c3cnn4c(C(F)F)cc(C5CC5)nc34)cc2=O)c(C)c1. The number of halogens is 2. The fraction of sp³-hybridized carbons (Fsp3) is 0.286. The molecular formula is C21H19F2N5O. The molecule has 4 aromatic rings. The molecule has 6 nitrogen and oxygen atoms in total. The predicted octanol–water partition coefficient (Wildman–Crippen LogP) is 4.31. The molecule has 3 heterocycles. The zero-order valence-corrected chi connectivity index (χ0v) is 16.0. The Balaban J connectivity index is 1.68. The molecule has 148 valence electrons. The van der Waals surface area contributed by atoms with E-state index < -0.39 is 6.43 Å². The molecule has 0 amide bonds. The largest absolute Gasteiger partial charge is 0.290 e. The summed E-state index contributed by atoms with van der Waals surface area (Å²) in [6.45, 7) is 3.92. The standard InChI is InChI=1S/C21H19F2N5O/c1-11-3-6-17(12(2)7-11)27-19(29)9-16(26-27)14-10-24-28-18(20(22)23)8-15(13-4-5-13)25-21(14)28/h3,6-10,13,20,26H,4-5H2,1-2H3. The number of rotatable bonds is 4. The van der Waals surface area contributed by atoms with E-state index in [-0.39, 0.29) is 17.2 Å². The lowest BCUT2D eigenvalue weighted by Gasteiger charge is -2.08. The summed E-state index contributed by atoms with van der Waals surface area (Å²) in [5.74, 6) is 0.221. The van der Waals surface area contributed by atoms with Crippen molar-refractivity contribution >= 4 is 5.65 Å². The van der Waals surface area contributed by atoms with E-state index in [1.54, 1.807) is 0 Å². The lowest BCUT2D eigenvalue weighted by molar-refractivity contribution is 0.143. The molecule has 0 aliphatic heterocycles. The molecule has 0 radical (unpaired) electrons. The summed E-state index contributed by atoms with van der Waals surface area (Å²) >= 11 is 0. The van der Waals surface area contributed by atoms with Gasteiger partial charge < -0.3 is 0 Å². The Morgan fingerprint density at radius 3 is 2.66 bits per heavy atom. The topological polar surface area (TPSA) is 68.0 Å². The van der Waals surface area contributed by atoms with Gasteiger partial charge >= 0.3 is 0 Å². The second-order valence-corrected chi connectivity index (χ2v) is 7.61. The van der Waals surface area contributed by atoms with Crippen LogP contribution in [0.3, 0.4) is 0 Å². The van der Waals surface area contributed by atoms with E-state index >= 15 is 0 Å². The minimum absolute atomic E-state index is 0.181. The highest BCUT2D eigenvalue weighted by Crippen LogP contribution is 2.40. The number of H-pyrrole nitrogens is 1. The van der Waals surface area contributed by atoms with Crippen LogP contribution in [-0.2, 0) is 0 Å². The summed E-state index contributed by atoms with van der Waals surface area (Å²) in [5.41, 5.74) is 4.38. The van der Waals surface area contributed by atoms with E-state index in [9.17, 15) is 13.6 Å². The van der Waals surface area contributed by atoms with Crippen molar-refractivity contribution < 1.29 is 8.78 Å². The lowest BCUT2D eigenvalue weighted by atomic mass is 10.1. The molecule has 1 aliphatic rings. The molecule has 0 bridgehead atoms. The summed E-state index contributed by atoms with van der Waals surface area (Å²) in [5, 5.41) is 7.21. The van der Waals surface area contributed by atoms with Crippen molar-refractivity contribution in [2.24, 2.45) is 0 Å². The third-order valence-corrected chi connectivity index (χ3v) is 5.34. The third kappa shape index (κ3) is 2.95. The van der Waals surface area contributed by atoms with E-state index in [1.807, 2.05) is 32.0 Å². The Morgan fingerprint density at radius 1 is 1.17 bits per heavy atom. The second-order valence-electron chi connectivity index (χ2n) is 7.61. The molecule has 1 aromatic carbocycles. The van der Waals surface area contributed by atoms with Crippen LogP contribution in [0.5, 0.6) is 0 Å². The van der Waals surface area contributed by atoms with E-state index in [0.29, 0.717) is 22.6 Å². The van der Waals surface area contributed by atoms with Gasteiger partial charge in [-0.25, -0.2) is 23.0 Å². The van der Waals surface area contributed by atoms with Gasteiger partial charge in [0.05, 0.1) is 23.1 Å². The van der Waals surface area contributed by atoms with Gasteiger partial charge in [0, 0.05) is 17.7 Å². The average molecular weight is 395 g/mol. The number of hydrogen-bond acceptors (Lipinski definition) is 3. The normalized spacial score (nSPS) is 14.2.